The second-order valence-corrected chi connectivity index (χ2v) is 5.59. The molecule has 1 aliphatic heterocycles. The normalized spacial score (nSPS) is 13.2. The molecule has 1 aliphatic rings. The number of alkyl halides is 3. The van der Waals surface area contributed by atoms with Gasteiger partial charge < -0.3 is 14.8 Å². The molecule has 0 fully saturated rings. The van der Waals surface area contributed by atoms with Crippen LogP contribution in [0.25, 0.3) is 0 Å². The zero-order valence-electron chi connectivity index (χ0n) is 13.6. The lowest BCUT2D eigenvalue weighted by Crippen LogP contribution is -2.25. The number of carbonyl (C=O) groups excluding carboxylic acids is 3. The molecule has 2 aromatic carbocycles. The fourth-order valence-corrected chi connectivity index (χ4v) is 2.46. The Labute approximate surface area is 150 Å². The molecule has 0 atom stereocenters. The summed E-state index contributed by atoms with van der Waals surface area (Å²) >= 11 is 0. The molecular formula is C18H12F3NO5. The van der Waals surface area contributed by atoms with Gasteiger partial charge in [0.2, 0.25) is 0 Å². The Morgan fingerprint density at radius 1 is 1.15 bits per heavy atom. The molecule has 0 bridgehead atoms. The number of anilines is 1. The van der Waals surface area contributed by atoms with Crippen LogP contribution in [0.15, 0.2) is 42.5 Å². The Hall–Kier alpha value is -3.36. The summed E-state index contributed by atoms with van der Waals surface area (Å²) in [6.07, 6.45) is -4.73. The molecule has 9 heteroatoms. The van der Waals surface area contributed by atoms with E-state index in [-0.39, 0.29) is 23.8 Å². The number of hydrogen-bond donors (Lipinski definition) is 1. The lowest BCUT2D eigenvalue weighted by atomic mass is 10.1. The van der Waals surface area contributed by atoms with Crippen molar-refractivity contribution in [3.05, 3.63) is 59.2 Å². The van der Waals surface area contributed by atoms with Gasteiger partial charge in [0.15, 0.2) is 19.0 Å². The fraction of sp³-hybridized carbons (Fsp3) is 0.167. The number of ether oxygens (including phenoxy) is 2. The van der Waals surface area contributed by atoms with E-state index in [0.29, 0.717) is 5.75 Å². The van der Waals surface area contributed by atoms with Crippen molar-refractivity contribution in [3.8, 4) is 5.75 Å². The minimum Gasteiger partial charge on any atom is -0.482 e. The molecule has 0 saturated heterocycles. The van der Waals surface area contributed by atoms with E-state index >= 15 is 0 Å². The van der Waals surface area contributed by atoms with Crippen molar-refractivity contribution in [2.24, 2.45) is 0 Å². The van der Waals surface area contributed by atoms with Crippen molar-refractivity contribution in [2.45, 2.75) is 6.18 Å². The number of esters is 1. The van der Waals surface area contributed by atoms with E-state index in [2.05, 4.69) is 5.32 Å². The Bertz CT molecular complexity index is 923. The molecule has 3 rings (SSSR count). The van der Waals surface area contributed by atoms with Crippen LogP contribution >= 0.6 is 0 Å². The third-order valence-corrected chi connectivity index (χ3v) is 3.72. The quantitative estimate of drug-likeness (QED) is 0.652. The second-order valence-electron chi connectivity index (χ2n) is 5.59. The number of rotatable bonds is 4. The molecule has 0 aromatic heterocycles. The SMILES string of the molecule is O=C1COc2ccc(C(=O)COC(=O)c3ccccc3C(F)(F)F)cc2N1. The number of halogens is 3. The average molecular weight is 379 g/mol. The maximum atomic E-state index is 12.9. The van der Waals surface area contributed by atoms with E-state index in [4.69, 9.17) is 9.47 Å². The van der Waals surface area contributed by atoms with Crippen LogP contribution in [0.5, 0.6) is 5.75 Å². The van der Waals surface area contributed by atoms with Crippen molar-refractivity contribution >= 4 is 23.3 Å². The number of amides is 1. The first kappa shape index (κ1) is 18.4. The monoisotopic (exact) mass is 379 g/mol. The summed E-state index contributed by atoms with van der Waals surface area (Å²) in [4.78, 5) is 35.5. The van der Waals surface area contributed by atoms with E-state index in [1.54, 1.807) is 0 Å². The molecule has 0 aliphatic carbocycles. The van der Waals surface area contributed by atoms with Crippen molar-refractivity contribution in [1.82, 2.24) is 0 Å². The summed E-state index contributed by atoms with van der Waals surface area (Å²) in [5, 5.41) is 2.52. The molecule has 0 saturated carbocycles. The molecule has 140 valence electrons. The first-order valence-corrected chi connectivity index (χ1v) is 7.69. The van der Waals surface area contributed by atoms with Crippen molar-refractivity contribution in [2.75, 3.05) is 18.5 Å². The molecule has 1 amide bonds. The standard InChI is InChI=1S/C18H12F3NO5/c19-18(20,21)12-4-2-1-3-11(12)17(25)27-8-14(23)10-5-6-15-13(7-10)22-16(24)9-26-15/h1-7H,8-9H2,(H,22,24). The molecule has 1 N–H and O–H groups in total. The van der Waals surface area contributed by atoms with Gasteiger partial charge in [-0.1, -0.05) is 12.1 Å². The summed E-state index contributed by atoms with van der Waals surface area (Å²) in [5.74, 6) is -1.91. The van der Waals surface area contributed by atoms with Crippen LogP contribution in [0.2, 0.25) is 0 Å². The maximum absolute atomic E-state index is 12.9. The highest BCUT2D eigenvalue weighted by atomic mass is 19.4. The number of carbonyl (C=O) groups is 3. The van der Waals surface area contributed by atoms with Gasteiger partial charge in [0.25, 0.3) is 5.91 Å². The van der Waals surface area contributed by atoms with Gasteiger partial charge in [-0.05, 0) is 30.3 Å². The third-order valence-electron chi connectivity index (χ3n) is 3.72. The number of fused-ring (bicyclic) bond motifs is 1. The van der Waals surface area contributed by atoms with Gasteiger partial charge in [-0.2, -0.15) is 13.2 Å². The maximum Gasteiger partial charge on any atom is 0.417 e. The zero-order chi connectivity index (χ0) is 19.6. The summed E-state index contributed by atoms with van der Waals surface area (Å²) in [5.41, 5.74) is -1.43. The number of Topliss-reactive ketones (excluding diaryl/α,β-unsaturated/α-hetero) is 1. The van der Waals surface area contributed by atoms with Crippen LogP contribution in [0.1, 0.15) is 26.3 Å². The molecule has 2 aromatic rings. The Morgan fingerprint density at radius 2 is 1.89 bits per heavy atom. The molecule has 0 unspecified atom stereocenters. The van der Waals surface area contributed by atoms with Gasteiger partial charge in [-0.25, -0.2) is 4.79 Å². The summed E-state index contributed by atoms with van der Waals surface area (Å²) in [7, 11) is 0. The molecule has 0 radical (unpaired) electrons. The molecule has 0 spiro atoms. The number of benzene rings is 2. The fourth-order valence-electron chi connectivity index (χ4n) is 2.46. The van der Waals surface area contributed by atoms with Crippen LogP contribution in [0.4, 0.5) is 18.9 Å². The van der Waals surface area contributed by atoms with E-state index in [9.17, 15) is 27.6 Å². The van der Waals surface area contributed by atoms with E-state index in [0.717, 1.165) is 18.2 Å². The number of ketones is 1. The van der Waals surface area contributed by atoms with Crippen LogP contribution in [-0.2, 0) is 15.7 Å². The Morgan fingerprint density at radius 3 is 2.63 bits per heavy atom. The first-order valence-electron chi connectivity index (χ1n) is 7.69. The molecule has 1 heterocycles. The highest BCUT2D eigenvalue weighted by molar-refractivity contribution is 6.02. The van der Waals surface area contributed by atoms with E-state index in [1.165, 1.54) is 24.3 Å². The van der Waals surface area contributed by atoms with Crippen molar-refractivity contribution < 1.29 is 37.0 Å². The predicted octanol–water partition coefficient (Wildman–Crippen LogP) is 3.08. The second kappa shape index (κ2) is 7.10. The minimum absolute atomic E-state index is 0.108. The average Bonchev–Trinajstić information content (AvgIpc) is 2.64. The van der Waals surface area contributed by atoms with Crippen molar-refractivity contribution in [1.29, 1.82) is 0 Å². The minimum atomic E-state index is -4.73. The topological polar surface area (TPSA) is 81.7 Å². The lowest BCUT2D eigenvalue weighted by molar-refractivity contribution is -0.138. The zero-order valence-corrected chi connectivity index (χ0v) is 13.6. The number of hydrogen-bond acceptors (Lipinski definition) is 5. The van der Waals surface area contributed by atoms with Gasteiger partial charge in [-0.3, -0.25) is 9.59 Å². The van der Waals surface area contributed by atoms with Gasteiger partial charge in [0.1, 0.15) is 5.75 Å². The van der Waals surface area contributed by atoms with Crippen LogP contribution in [0, 0.1) is 0 Å². The lowest BCUT2D eigenvalue weighted by Gasteiger charge is -2.18. The first-order chi connectivity index (χ1) is 12.8. The van der Waals surface area contributed by atoms with Crippen LogP contribution in [-0.4, -0.2) is 30.9 Å². The van der Waals surface area contributed by atoms with Gasteiger partial charge in [0.05, 0.1) is 16.8 Å². The smallest absolute Gasteiger partial charge is 0.417 e. The van der Waals surface area contributed by atoms with Gasteiger partial charge in [-0.15, -0.1) is 0 Å². The molecular weight excluding hydrogens is 367 g/mol. The highest BCUT2D eigenvalue weighted by Gasteiger charge is 2.35. The molecule has 6 nitrogen and oxygen atoms in total. The highest BCUT2D eigenvalue weighted by Crippen LogP contribution is 2.32. The summed E-state index contributed by atoms with van der Waals surface area (Å²) in [6, 6.07) is 8.34. The number of nitrogens with one attached hydrogen (secondary N) is 1. The van der Waals surface area contributed by atoms with E-state index < -0.39 is 35.7 Å². The Balaban J connectivity index is 1.71. The van der Waals surface area contributed by atoms with Crippen LogP contribution in [0.3, 0.4) is 0 Å². The van der Waals surface area contributed by atoms with Gasteiger partial charge in [0, 0.05) is 5.56 Å². The third kappa shape index (κ3) is 4.08. The van der Waals surface area contributed by atoms with E-state index in [1.807, 2.05) is 0 Å². The Kier molecular flexibility index (Phi) is 4.85. The molecule has 27 heavy (non-hydrogen) atoms. The summed E-state index contributed by atoms with van der Waals surface area (Å²) < 4.78 is 48.7. The van der Waals surface area contributed by atoms with Crippen molar-refractivity contribution in [3.63, 3.8) is 0 Å². The van der Waals surface area contributed by atoms with Crippen LogP contribution < -0.4 is 10.1 Å². The summed E-state index contributed by atoms with van der Waals surface area (Å²) in [6.45, 7) is -0.894. The van der Waals surface area contributed by atoms with Gasteiger partial charge >= 0.3 is 12.1 Å². The largest absolute Gasteiger partial charge is 0.482 e. The predicted molar refractivity (Wildman–Crippen MR) is 86.6 cm³/mol.